The third-order valence-electron chi connectivity index (χ3n) is 4.43. The lowest BCUT2D eigenvalue weighted by Gasteiger charge is -2.39. The van der Waals surface area contributed by atoms with Crippen molar-refractivity contribution in [3.8, 4) is 0 Å². The Hall–Kier alpha value is -0.280. The molecule has 3 nitrogen and oxygen atoms in total. The van der Waals surface area contributed by atoms with Crippen molar-refractivity contribution in [3.05, 3.63) is 0 Å². The number of alkyl halides is 1. The molecule has 0 radical (unpaired) electrons. The Morgan fingerprint density at radius 3 is 2.50 bits per heavy atom. The molecule has 2 fully saturated rings. The van der Waals surface area contributed by atoms with Gasteiger partial charge in [-0.3, -0.25) is 4.79 Å². The molecule has 0 heterocycles. The van der Waals surface area contributed by atoms with E-state index in [1.807, 2.05) is 0 Å². The SMILES string of the molecule is CC(=O)O[C@@H]1[C@H]2[C@@H](C[C@H](Cl)[C@@]1(C)O)C2(C)C. The number of rotatable bonds is 1. The van der Waals surface area contributed by atoms with Gasteiger partial charge in [-0.15, -0.1) is 11.6 Å². The molecule has 1 N–H and O–H groups in total. The maximum absolute atomic E-state index is 11.1. The van der Waals surface area contributed by atoms with Gasteiger partial charge < -0.3 is 9.84 Å². The molecule has 0 aromatic rings. The topological polar surface area (TPSA) is 46.5 Å². The molecule has 0 saturated heterocycles. The number of ether oxygens (including phenoxy) is 1. The first-order chi connectivity index (χ1) is 7.19. The molecular weight excluding hydrogens is 228 g/mol. The van der Waals surface area contributed by atoms with Gasteiger partial charge in [0.15, 0.2) is 0 Å². The van der Waals surface area contributed by atoms with Crippen molar-refractivity contribution in [2.24, 2.45) is 17.3 Å². The van der Waals surface area contributed by atoms with Crippen LogP contribution in [0.15, 0.2) is 0 Å². The highest BCUT2D eigenvalue weighted by Gasteiger charge is 2.70. The highest BCUT2D eigenvalue weighted by molar-refractivity contribution is 6.21. The van der Waals surface area contributed by atoms with Gasteiger partial charge in [0.05, 0.1) is 5.38 Å². The van der Waals surface area contributed by atoms with Crippen LogP contribution in [0.5, 0.6) is 0 Å². The van der Waals surface area contributed by atoms with E-state index < -0.39 is 11.7 Å². The minimum absolute atomic E-state index is 0.119. The first kappa shape index (κ1) is 12.2. The highest BCUT2D eigenvalue weighted by atomic mass is 35.5. The van der Waals surface area contributed by atoms with Crippen molar-refractivity contribution in [1.82, 2.24) is 0 Å². The summed E-state index contributed by atoms with van der Waals surface area (Å²) in [7, 11) is 0. The van der Waals surface area contributed by atoms with Crippen LogP contribution < -0.4 is 0 Å². The fourth-order valence-electron chi connectivity index (χ4n) is 3.21. The number of carbonyl (C=O) groups is 1. The van der Waals surface area contributed by atoms with E-state index in [0.29, 0.717) is 5.92 Å². The van der Waals surface area contributed by atoms with Crippen LogP contribution in [0.25, 0.3) is 0 Å². The van der Waals surface area contributed by atoms with Gasteiger partial charge in [-0.05, 0) is 24.7 Å². The fourth-order valence-corrected chi connectivity index (χ4v) is 3.53. The van der Waals surface area contributed by atoms with Crippen molar-refractivity contribution < 1.29 is 14.6 Å². The molecule has 0 bridgehead atoms. The van der Waals surface area contributed by atoms with E-state index in [2.05, 4.69) is 13.8 Å². The zero-order valence-electron chi connectivity index (χ0n) is 10.2. The molecule has 0 aromatic heterocycles. The van der Waals surface area contributed by atoms with Crippen LogP contribution in [0, 0.1) is 17.3 Å². The second-order valence-electron chi connectivity index (χ2n) is 5.91. The van der Waals surface area contributed by atoms with Gasteiger partial charge in [-0.2, -0.15) is 0 Å². The van der Waals surface area contributed by atoms with E-state index in [1.165, 1.54) is 6.92 Å². The lowest BCUT2D eigenvalue weighted by Crippen LogP contribution is -2.53. The van der Waals surface area contributed by atoms with E-state index in [9.17, 15) is 9.90 Å². The zero-order chi connectivity index (χ0) is 12.3. The van der Waals surface area contributed by atoms with Gasteiger partial charge in [0.2, 0.25) is 0 Å². The van der Waals surface area contributed by atoms with Gasteiger partial charge in [0, 0.05) is 12.8 Å². The number of hydrogen-bond acceptors (Lipinski definition) is 3. The number of aliphatic hydroxyl groups is 1. The lowest BCUT2D eigenvalue weighted by atomic mass is 9.83. The van der Waals surface area contributed by atoms with Gasteiger partial charge in [-0.1, -0.05) is 13.8 Å². The van der Waals surface area contributed by atoms with Gasteiger partial charge in [-0.25, -0.2) is 0 Å². The number of halogens is 1. The Morgan fingerprint density at radius 1 is 1.44 bits per heavy atom. The summed E-state index contributed by atoms with van der Waals surface area (Å²) >= 11 is 6.19. The second kappa shape index (κ2) is 3.36. The monoisotopic (exact) mass is 246 g/mol. The molecule has 0 spiro atoms. The maximum atomic E-state index is 11.1. The van der Waals surface area contributed by atoms with Crippen LogP contribution in [-0.2, 0) is 9.53 Å². The van der Waals surface area contributed by atoms with Crippen LogP contribution in [0.4, 0.5) is 0 Å². The molecule has 0 unspecified atom stereocenters. The molecule has 5 atom stereocenters. The number of hydrogen-bond donors (Lipinski definition) is 1. The average molecular weight is 247 g/mol. The zero-order valence-corrected chi connectivity index (χ0v) is 10.9. The summed E-state index contributed by atoms with van der Waals surface area (Å²) < 4.78 is 5.29. The highest BCUT2D eigenvalue weighted by Crippen LogP contribution is 2.67. The summed E-state index contributed by atoms with van der Waals surface area (Å²) in [6.45, 7) is 7.33. The summed E-state index contributed by atoms with van der Waals surface area (Å²) in [6.07, 6.45) is 0.325. The van der Waals surface area contributed by atoms with Crippen LogP contribution in [0.3, 0.4) is 0 Å². The second-order valence-corrected chi connectivity index (χ2v) is 6.44. The minimum Gasteiger partial charge on any atom is -0.459 e. The summed E-state index contributed by atoms with van der Waals surface area (Å²) in [4.78, 5) is 11.1. The summed E-state index contributed by atoms with van der Waals surface area (Å²) in [5.41, 5.74) is -1.00. The Morgan fingerprint density at radius 2 is 2.00 bits per heavy atom. The smallest absolute Gasteiger partial charge is 0.303 e. The third-order valence-corrected chi connectivity index (χ3v) is 5.05. The molecule has 0 aliphatic heterocycles. The van der Waals surface area contributed by atoms with Crippen molar-refractivity contribution >= 4 is 17.6 Å². The summed E-state index contributed by atoms with van der Waals surface area (Å²) in [6, 6.07) is 0. The largest absolute Gasteiger partial charge is 0.459 e. The normalized spacial score (nSPS) is 49.4. The van der Waals surface area contributed by atoms with E-state index >= 15 is 0 Å². The van der Waals surface area contributed by atoms with Crippen molar-refractivity contribution in [2.45, 2.75) is 51.2 Å². The lowest BCUT2D eigenvalue weighted by molar-refractivity contribution is -0.168. The number of fused-ring (bicyclic) bond motifs is 1. The molecule has 2 saturated carbocycles. The van der Waals surface area contributed by atoms with E-state index in [-0.39, 0.29) is 22.7 Å². The quantitative estimate of drug-likeness (QED) is 0.568. The van der Waals surface area contributed by atoms with Crippen molar-refractivity contribution in [3.63, 3.8) is 0 Å². The van der Waals surface area contributed by atoms with E-state index in [1.54, 1.807) is 6.92 Å². The Kier molecular flexibility index (Phi) is 2.56. The number of carbonyl (C=O) groups excluding carboxylic acids is 1. The van der Waals surface area contributed by atoms with Crippen LogP contribution in [0.1, 0.15) is 34.1 Å². The third kappa shape index (κ3) is 1.56. The minimum atomic E-state index is -1.12. The molecule has 4 heteroatoms. The van der Waals surface area contributed by atoms with Gasteiger partial charge in [0.1, 0.15) is 11.7 Å². The van der Waals surface area contributed by atoms with Crippen LogP contribution >= 0.6 is 11.6 Å². The molecular formula is C12H19ClO3. The molecule has 92 valence electrons. The Balaban J connectivity index is 2.26. The average Bonchev–Trinajstić information content (AvgIpc) is 2.62. The molecule has 0 amide bonds. The first-order valence-corrected chi connectivity index (χ1v) is 6.16. The first-order valence-electron chi connectivity index (χ1n) is 5.72. The van der Waals surface area contributed by atoms with E-state index in [0.717, 1.165) is 6.42 Å². The predicted molar refractivity (Wildman–Crippen MR) is 61.2 cm³/mol. The molecule has 2 rings (SSSR count). The van der Waals surface area contributed by atoms with Crippen molar-refractivity contribution in [1.29, 1.82) is 0 Å². The standard InChI is InChI=1S/C12H19ClO3/c1-6(14)16-10-9-7(11(9,2)3)5-8(13)12(10,4)15/h7-10,15H,5H2,1-4H3/t7-,8+,9-,10-,12-/m1/s1. The predicted octanol–water partition coefficient (Wildman–Crippen LogP) is 1.95. The molecule has 0 aromatic carbocycles. The Labute approximate surface area is 101 Å². The maximum Gasteiger partial charge on any atom is 0.303 e. The summed E-state index contributed by atoms with van der Waals surface area (Å²) in [5, 5.41) is 10.0. The van der Waals surface area contributed by atoms with Crippen molar-refractivity contribution in [2.75, 3.05) is 0 Å². The fraction of sp³-hybridized carbons (Fsp3) is 0.917. The molecule has 2 aliphatic rings. The van der Waals surface area contributed by atoms with Crippen LogP contribution in [0.2, 0.25) is 0 Å². The molecule has 2 aliphatic carbocycles. The Bertz CT molecular complexity index is 324. The number of esters is 1. The van der Waals surface area contributed by atoms with Crippen LogP contribution in [-0.4, -0.2) is 28.2 Å². The molecule has 16 heavy (non-hydrogen) atoms. The van der Waals surface area contributed by atoms with Gasteiger partial charge in [0.25, 0.3) is 0 Å². The van der Waals surface area contributed by atoms with Gasteiger partial charge >= 0.3 is 5.97 Å². The van der Waals surface area contributed by atoms with E-state index in [4.69, 9.17) is 16.3 Å². The summed E-state index contributed by atoms with van der Waals surface area (Å²) in [5.74, 6) is 0.346.